The molecule has 0 heterocycles. The Morgan fingerprint density at radius 2 is 2.05 bits per heavy atom. The number of methoxy groups -OCH3 is 1. The van der Waals surface area contributed by atoms with Gasteiger partial charge >= 0.3 is 0 Å². The number of nitrogens with zero attached hydrogens (tertiary/aromatic N) is 1. The van der Waals surface area contributed by atoms with Crippen LogP contribution in [-0.2, 0) is 0 Å². The highest BCUT2D eigenvalue weighted by Crippen LogP contribution is 2.34. The Bertz CT molecular complexity index is 530. The fourth-order valence-electron chi connectivity index (χ4n) is 1.71. The average Bonchev–Trinajstić information content (AvgIpc) is 2.46. The van der Waals surface area contributed by atoms with Crippen LogP contribution in [0.2, 0.25) is 0 Å². The average molecular weight is 296 g/mol. The quantitative estimate of drug-likeness (QED) is 0.616. The summed E-state index contributed by atoms with van der Waals surface area (Å²) >= 11 is 0. The summed E-state index contributed by atoms with van der Waals surface area (Å²) in [4.78, 5) is 22.7. The molecule has 0 aromatic heterocycles. The number of ether oxygens (including phenoxy) is 2. The van der Waals surface area contributed by atoms with E-state index in [1.165, 1.54) is 19.2 Å². The van der Waals surface area contributed by atoms with Gasteiger partial charge in [-0.3, -0.25) is 14.9 Å². The number of amides is 1. The van der Waals surface area contributed by atoms with E-state index in [2.05, 4.69) is 5.32 Å². The van der Waals surface area contributed by atoms with Crippen LogP contribution in [0.5, 0.6) is 11.5 Å². The highest BCUT2D eigenvalue weighted by molar-refractivity contribution is 5.99. The molecule has 1 amide bonds. The highest BCUT2D eigenvalue weighted by atomic mass is 16.6. The van der Waals surface area contributed by atoms with Gasteiger partial charge < -0.3 is 14.8 Å². The van der Waals surface area contributed by atoms with Crippen molar-refractivity contribution in [2.75, 3.05) is 13.7 Å². The van der Waals surface area contributed by atoms with E-state index >= 15 is 0 Å². The predicted octanol–water partition coefficient (Wildman–Crippen LogP) is 2.53. The molecule has 0 aliphatic carbocycles. The Kier molecular flexibility index (Phi) is 5.95. The SMILES string of the molecule is CCOc1cc(C(=O)NC(C)CC)c([N+](=O)[O-])cc1OC. The Labute approximate surface area is 123 Å². The van der Waals surface area contributed by atoms with Crippen molar-refractivity contribution in [1.82, 2.24) is 5.32 Å². The summed E-state index contributed by atoms with van der Waals surface area (Å²) in [6, 6.07) is 2.48. The Balaban J connectivity index is 3.29. The molecule has 0 aliphatic rings. The first-order valence-electron chi connectivity index (χ1n) is 6.74. The van der Waals surface area contributed by atoms with E-state index in [4.69, 9.17) is 9.47 Å². The Morgan fingerprint density at radius 3 is 2.52 bits per heavy atom. The van der Waals surface area contributed by atoms with Crippen molar-refractivity contribution in [1.29, 1.82) is 0 Å². The number of hydrogen-bond acceptors (Lipinski definition) is 5. The molecule has 21 heavy (non-hydrogen) atoms. The smallest absolute Gasteiger partial charge is 0.286 e. The van der Waals surface area contributed by atoms with Gasteiger partial charge in [0, 0.05) is 12.1 Å². The maximum atomic E-state index is 12.2. The minimum Gasteiger partial charge on any atom is -0.493 e. The summed E-state index contributed by atoms with van der Waals surface area (Å²) in [6.07, 6.45) is 0.730. The van der Waals surface area contributed by atoms with Gasteiger partial charge in [0.25, 0.3) is 11.6 Å². The second kappa shape index (κ2) is 7.47. The van der Waals surface area contributed by atoms with Gasteiger partial charge in [-0.25, -0.2) is 0 Å². The van der Waals surface area contributed by atoms with Gasteiger partial charge in [0.2, 0.25) is 0 Å². The minimum absolute atomic E-state index is 0.0375. The predicted molar refractivity (Wildman–Crippen MR) is 78.0 cm³/mol. The molecule has 1 atom stereocenters. The topological polar surface area (TPSA) is 90.7 Å². The molecular weight excluding hydrogens is 276 g/mol. The van der Waals surface area contributed by atoms with Crippen LogP contribution in [0.25, 0.3) is 0 Å². The van der Waals surface area contributed by atoms with Crippen LogP contribution in [-0.4, -0.2) is 30.6 Å². The molecule has 1 aromatic carbocycles. The van der Waals surface area contributed by atoms with Gasteiger partial charge in [-0.05, 0) is 20.3 Å². The van der Waals surface area contributed by atoms with Gasteiger partial charge in [0.05, 0.1) is 24.7 Å². The summed E-state index contributed by atoms with van der Waals surface area (Å²) < 4.78 is 10.4. The first kappa shape index (κ1) is 16.7. The third-order valence-electron chi connectivity index (χ3n) is 3.01. The zero-order chi connectivity index (χ0) is 16.0. The number of carbonyl (C=O) groups excluding carboxylic acids is 1. The lowest BCUT2D eigenvalue weighted by molar-refractivity contribution is -0.385. The van der Waals surface area contributed by atoms with E-state index < -0.39 is 10.8 Å². The molecule has 0 saturated carbocycles. The molecule has 0 bridgehead atoms. The Hall–Kier alpha value is -2.31. The van der Waals surface area contributed by atoms with Crippen molar-refractivity contribution in [2.24, 2.45) is 0 Å². The zero-order valence-corrected chi connectivity index (χ0v) is 12.6. The third kappa shape index (κ3) is 4.08. The summed E-state index contributed by atoms with van der Waals surface area (Å²) in [7, 11) is 1.39. The summed E-state index contributed by atoms with van der Waals surface area (Å²) in [6.45, 7) is 5.88. The molecular formula is C14H20N2O5. The number of nitrogens with one attached hydrogen (secondary N) is 1. The van der Waals surface area contributed by atoms with E-state index in [9.17, 15) is 14.9 Å². The second-order valence-corrected chi connectivity index (χ2v) is 4.49. The lowest BCUT2D eigenvalue weighted by atomic mass is 10.1. The molecule has 7 heteroatoms. The number of rotatable bonds is 7. The van der Waals surface area contributed by atoms with Crippen molar-refractivity contribution in [2.45, 2.75) is 33.2 Å². The number of benzene rings is 1. The number of hydrogen-bond donors (Lipinski definition) is 1. The van der Waals surface area contributed by atoms with Crippen LogP contribution < -0.4 is 14.8 Å². The van der Waals surface area contributed by atoms with Gasteiger partial charge in [0.1, 0.15) is 5.56 Å². The monoisotopic (exact) mass is 296 g/mol. The largest absolute Gasteiger partial charge is 0.493 e. The maximum Gasteiger partial charge on any atom is 0.286 e. The van der Waals surface area contributed by atoms with E-state index in [-0.39, 0.29) is 23.0 Å². The fraction of sp³-hybridized carbons (Fsp3) is 0.500. The molecule has 116 valence electrons. The van der Waals surface area contributed by atoms with Crippen LogP contribution in [0.15, 0.2) is 12.1 Å². The Morgan fingerprint density at radius 1 is 1.38 bits per heavy atom. The van der Waals surface area contributed by atoms with Gasteiger partial charge in [-0.1, -0.05) is 6.92 Å². The van der Waals surface area contributed by atoms with Crippen molar-refractivity contribution in [3.63, 3.8) is 0 Å². The molecule has 0 aliphatic heterocycles. The molecule has 0 radical (unpaired) electrons. The molecule has 1 unspecified atom stereocenters. The van der Waals surface area contributed by atoms with Crippen molar-refractivity contribution < 1.29 is 19.2 Å². The summed E-state index contributed by atoms with van der Waals surface area (Å²) in [5.74, 6) is 0.0307. The fourth-order valence-corrected chi connectivity index (χ4v) is 1.71. The van der Waals surface area contributed by atoms with Gasteiger partial charge in [-0.15, -0.1) is 0 Å². The van der Waals surface area contributed by atoms with E-state index in [0.29, 0.717) is 12.4 Å². The van der Waals surface area contributed by atoms with Crippen LogP contribution in [0.1, 0.15) is 37.6 Å². The number of nitro benzene ring substituents is 1. The molecule has 0 spiro atoms. The van der Waals surface area contributed by atoms with Gasteiger partial charge in [0.15, 0.2) is 11.5 Å². The maximum absolute atomic E-state index is 12.2. The molecule has 0 fully saturated rings. The van der Waals surface area contributed by atoms with Crippen molar-refractivity contribution in [3.05, 3.63) is 27.8 Å². The standard InChI is InChI=1S/C14H20N2O5/c1-5-9(3)15-14(17)10-7-13(21-6-2)12(20-4)8-11(10)16(18)19/h7-9H,5-6H2,1-4H3,(H,15,17). The highest BCUT2D eigenvalue weighted by Gasteiger charge is 2.25. The first-order chi connectivity index (χ1) is 9.94. The van der Waals surface area contributed by atoms with E-state index in [1.54, 1.807) is 6.92 Å². The summed E-state index contributed by atoms with van der Waals surface area (Å²) in [5, 5.41) is 13.9. The lowest BCUT2D eigenvalue weighted by Gasteiger charge is -2.14. The third-order valence-corrected chi connectivity index (χ3v) is 3.01. The number of carbonyl (C=O) groups is 1. The second-order valence-electron chi connectivity index (χ2n) is 4.49. The minimum atomic E-state index is -0.607. The first-order valence-corrected chi connectivity index (χ1v) is 6.74. The molecule has 1 rings (SSSR count). The molecule has 1 N–H and O–H groups in total. The lowest BCUT2D eigenvalue weighted by Crippen LogP contribution is -2.32. The zero-order valence-electron chi connectivity index (χ0n) is 12.6. The molecule has 0 saturated heterocycles. The van der Waals surface area contributed by atoms with E-state index in [1.807, 2.05) is 13.8 Å². The van der Waals surface area contributed by atoms with Gasteiger partial charge in [-0.2, -0.15) is 0 Å². The van der Waals surface area contributed by atoms with Crippen LogP contribution in [0.3, 0.4) is 0 Å². The summed E-state index contributed by atoms with van der Waals surface area (Å²) in [5.41, 5.74) is -0.347. The van der Waals surface area contributed by atoms with Crippen molar-refractivity contribution in [3.8, 4) is 11.5 Å². The van der Waals surface area contributed by atoms with E-state index in [0.717, 1.165) is 6.42 Å². The van der Waals surface area contributed by atoms with Crippen LogP contribution >= 0.6 is 0 Å². The van der Waals surface area contributed by atoms with Crippen LogP contribution in [0, 0.1) is 10.1 Å². The molecule has 7 nitrogen and oxygen atoms in total. The van der Waals surface area contributed by atoms with Crippen LogP contribution in [0.4, 0.5) is 5.69 Å². The molecule has 1 aromatic rings. The van der Waals surface area contributed by atoms with Crippen molar-refractivity contribution >= 4 is 11.6 Å². The normalized spacial score (nSPS) is 11.6. The number of nitro groups is 1.